The van der Waals surface area contributed by atoms with Crippen molar-refractivity contribution in [2.45, 2.75) is 26.3 Å². The molecule has 0 saturated carbocycles. The van der Waals surface area contributed by atoms with Crippen molar-refractivity contribution in [1.29, 1.82) is 0 Å². The molecule has 1 aromatic heterocycles. The highest BCUT2D eigenvalue weighted by molar-refractivity contribution is 7.95. The molecule has 2 aromatic rings. The number of benzene rings is 1. The number of para-hydroxylation sites is 1. The highest BCUT2D eigenvalue weighted by Crippen LogP contribution is 2.35. The lowest BCUT2D eigenvalue weighted by Gasteiger charge is -2.31. The monoisotopic (exact) mass is 254 g/mol. The van der Waals surface area contributed by atoms with E-state index in [1.807, 2.05) is 49.3 Å². The first-order valence-corrected chi connectivity index (χ1v) is 6.54. The SMILES string of the molecule is CC(C)(C)N(SO)c1nc2ccccc2s1. The van der Waals surface area contributed by atoms with Crippen LogP contribution in [-0.4, -0.2) is 15.1 Å². The summed E-state index contributed by atoms with van der Waals surface area (Å²) in [6.45, 7) is 6.13. The van der Waals surface area contributed by atoms with Crippen LogP contribution in [0.5, 0.6) is 0 Å². The van der Waals surface area contributed by atoms with Crippen LogP contribution >= 0.6 is 23.6 Å². The Morgan fingerprint density at radius 1 is 1.31 bits per heavy atom. The highest BCUT2D eigenvalue weighted by Gasteiger charge is 2.25. The molecule has 2 rings (SSSR count). The Hall–Kier alpha value is -0.780. The van der Waals surface area contributed by atoms with Crippen molar-refractivity contribution in [1.82, 2.24) is 4.98 Å². The molecule has 1 aromatic carbocycles. The Bertz CT molecular complexity index is 457. The lowest BCUT2D eigenvalue weighted by molar-refractivity contribution is 0.564. The maximum absolute atomic E-state index is 9.35. The first kappa shape index (κ1) is 11.7. The number of anilines is 1. The van der Waals surface area contributed by atoms with Crippen LogP contribution in [0.1, 0.15) is 20.8 Å². The quantitative estimate of drug-likeness (QED) is 0.648. The molecule has 0 aliphatic carbocycles. The summed E-state index contributed by atoms with van der Waals surface area (Å²) in [5.41, 5.74) is 0.818. The smallest absolute Gasteiger partial charge is 0.198 e. The zero-order valence-electron chi connectivity index (χ0n) is 9.47. The molecule has 0 saturated heterocycles. The van der Waals surface area contributed by atoms with E-state index >= 15 is 0 Å². The maximum Gasteiger partial charge on any atom is 0.198 e. The van der Waals surface area contributed by atoms with Crippen LogP contribution in [0.3, 0.4) is 0 Å². The fourth-order valence-electron chi connectivity index (χ4n) is 1.39. The predicted molar refractivity (Wildman–Crippen MR) is 72.1 cm³/mol. The van der Waals surface area contributed by atoms with E-state index in [2.05, 4.69) is 4.98 Å². The second kappa shape index (κ2) is 4.24. The van der Waals surface area contributed by atoms with Crippen molar-refractivity contribution in [3.63, 3.8) is 0 Å². The molecular weight excluding hydrogens is 240 g/mol. The van der Waals surface area contributed by atoms with E-state index in [1.165, 1.54) is 0 Å². The number of thiazole rings is 1. The molecule has 0 amide bonds. The van der Waals surface area contributed by atoms with Gasteiger partial charge in [-0.05, 0) is 32.9 Å². The van der Waals surface area contributed by atoms with Gasteiger partial charge in [-0.15, -0.1) is 0 Å². The van der Waals surface area contributed by atoms with E-state index in [9.17, 15) is 4.55 Å². The summed E-state index contributed by atoms with van der Waals surface area (Å²) < 4.78 is 12.3. The van der Waals surface area contributed by atoms with Gasteiger partial charge in [0, 0.05) is 5.54 Å². The number of nitrogens with zero attached hydrogens (tertiary/aromatic N) is 2. The lowest BCUT2D eigenvalue weighted by atomic mass is 10.1. The summed E-state index contributed by atoms with van der Waals surface area (Å²) in [5, 5.41) is 0.834. The minimum Gasteiger partial charge on any atom is -0.312 e. The third-order valence-corrected chi connectivity index (χ3v) is 4.17. The van der Waals surface area contributed by atoms with Crippen LogP contribution in [0.15, 0.2) is 24.3 Å². The van der Waals surface area contributed by atoms with Gasteiger partial charge in [0.15, 0.2) is 5.13 Å². The van der Waals surface area contributed by atoms with Crippen LogP contribution in [0, 0.1) is 0 Å². The predicted octanol–water partition coefficient (Wildman–Crippen LogP) is 4.02. The second-order valence-electron chi connectivity index (χ2n) is 4.51. The third kappa shape index (κ3) is 2.16. The molecule has 0 bridgehead atoms. The Morgan fingerprint density at radius 3 is 2.56 bits per heavy atom. The highest BCUT2D eigenvalue weighted by atomic mass is 32.2. The number of aromatic nitrogens is 1. The average Bonchev–Trinajstić information content (AvgIpc) is 2.59. The molecule has 0 aliphatic rings. The lowest BCUT2D eigenvalue weighted by Crippen LogP contribution is -2.35. The standard InChI is InChI=1S/C11H14N2OS2/c1-11(2,3)13(16-14)10-12-8-6-4-5-7-9(8)15-10/h4-7,14H,1-3H3. The van der Waals surface area contributed by atoms with Crippen LogP contribution < -0.4 is 4.31 Å². The minimum absolute atomic E-state index is 0.159. The van der Waals surface area contributed by atoms with E-state index in [0.29, 0.717) is 0 Å². The number of hydrogen-bond donors (Lipinski definition) is 1. The van der Waals surface area contributed by atoms with Gasteiger partial charge in [0.25, 0.3) is 0 Å². The van der Waals surface area contributed by atoms with Crippen molar-refractivity contribution in [3.8, 4) is 0 Å². The van der Waals surface area contributed by atoms with Gasteiger partial charge < -0.3 is 4.55 Å². The maximum atomic E-state index is 9.35. The van der Waals surface area contributed by atoms with E-state index in [4.69, 9.17) is 0 Å². The molecule has 3 nitrogen and oxygen atoms in total. The summed E-state index contributed by atoms with van der Waals surface area (Å²) >= 11 is 2.32. The molecule has 0 spiro atoms. The summed E-state index contributed by atoms with van der Waals surface area (Å²) in [5.74, 6) is 0. The van der Waals surface area contributed by atoms with Crippen molar-refractivity contribution in [2.24, 2.45) is 0 Å². The van der Waals surface area contributed by atoms with Crippen LogP contribution in [0.2, 0.25) is 0 Å². The van der Waals surface area contributed by atoms with Gasteiger partial charge in [0.1, 0.15) is 12.2 Å². The summed E-state index contributed by atoms with van der Waals surface area (Å²) in [6, 6.07) is 7.99. The molecule has 0 fully saturated rings. The molecule has 0 atom stereocenters. The van der Waals surface area contributed by atoms with Gasteiger partial charge in [-0.25, -0.2) is 4.98 Å². The van der Waals surface area contributed by atoms with Crippen LogP contribution in [-0.2, 0) is 0 Å². The van der Waals surface area contributed by atoms with E-state index in [-0.39, 0.29) is 5.54 Å². The zero-order chi connectivity index (χ0) is 11.8. The van der Waals surface area contributed by atoms with Gasteiger partial charge in [-0.3, -0.25) is 4.31 Å². The van der Waals surface area contributed by atoms with E-state index in [1.54, 1.807) is 11.3 Å². The molecule has 0 radical (unpaired) electrons. The third-order valence-electron chi connectivity index (χ3n) is 2.15. The van der Waals surface area contributed by atoms with Crippen molar-refractivity contribution < 1.29 is 4.55 Å². The summed E-state index contributed by atoms with van der Waals surface area (Å²) in [6.07, 6.45) is 0. The van der Waals surface area contributed by atoms with E-state index in [0.717, 1.165) is 27.6 Å². The molecule has 16 heavy (non-hydrogen) atoms. The first-order chi connectivity index (χ1) is 7.52. The Balaban J connectivity index is 2.46. The number of rotatable bonds is 2. The summed E-state index contributed by atoms with van der Waals surface area (Å²) in [7, 11) is 0. The largest absolute Gasteiger partial charge is 0.312 e. The molecule has 0 unspecified atom stereocenters. The topological polar surface area (TPSA) is 36.4 Å². The van der Waals surface area contributed by atoms with E-state index < -0.39 is 0 Å². The van der Waals surface area contributed by atoms with Crippen LogP contribution in [0.4, 0.5) is 5.13 Å². The van der Waals surface area contributed by atoms with Gasteiger partial charge in [0.2, 0.25) is 0 Å². The fourth-order valence-corrected chi connectivity index (χ4v) is 3.02. The van der Waals surface area contributed by atoms with Gasteiger partial charge in [0.05, 0.1) is 10.2 Å². The molecule has 1 heterocycles. The van der Waals surface area contributed by atoms with Gasteiger partial charge >= 0.3 is 0 Å². The van der Waals surface area contributed by atoms with Crippen molar-refractivity contribution >= 4 is 38.9 Å². The molecular formula is C11H14N2OS2. The van der Waals surface area contributed by atoms with Crippen LogP contribution in [0.25, 0.3) is 10.2 Å². The minimum atomic E-state index is -0.159. The fraction of sp³-hybridized carbons (Fsp3) is 0.364. The van der Waals surface area contributed by atoms with Gasteiger partial charge in [-0.2, -0.15) is 0 Å². The average molecular weight is 254 g/mol. The zero-order valence-corrected chi connectivity index (χ0v) is 11.1. The Kier molecular flexibility index (Phi) is 3.10. The Morgan fingerprint density at radius 2 is 2.00 bits per heavy atom. The molecule has 0 aliphatic heterocycles. The molecule has 1 N–H and O–H groups in total. The second-order valence-corrected chi connectivity index (χ2v) is 6.05. The Labute approximate surface area is 103 Å². The number of fused-ring (bicyclic) bond motifs is 1. The first-order valence-electron chi connectivity index (χ1n) is 5.00. The summed E-state index contributed by atoms with van der Waals surface area (Å²) in [4.78, 5) is 4.51. The normalized spacial score (nSPS) is 12.0. The number of hydrogen-bond acceptors (Lipinski definition) is 5. The molecule has 86 valence electrons. The molecule has 5 heteroatoms. The van der Waals surface area contributed by atoms with Crippen molar-refractivity contribution in [2.75, 3.05) is 4.31 Å². The van der Waals surface area contributed by atoms with Gasteiger partial charge in [-0.1, -0.05) is 23.5 Å². The van der Waals surface area contributed by atoms with Crippen molar-refractivity contribution in [3.05, 3.63) is 24.3 Å².